The van der Waals surface area contributed by atoms with Crippen LogP contribution in [0, 0.1) is 0 Å². The molecule has 2 fully saturated rings. The van der Waals surface area contributed by atoms with Gasteiger partial charge in [0.05, 0.1) is 24.8 Å². The zero-order chi connectivity index (χ0) is 18.6. The molecule has 1 aromatic rings. The summed E-state index contributed by atoms with van der Waals surface area (Å²) in [5.41, 5.74) is 0.609. The molecular weight excluding hydrogens is 347 g/mol. The number of ether oxygens (including phenoxy) is 2. The zero-order valence-corrected chi connectivity index (χ0v) is 14.7. The maximum Gasteiger partial charge on any atom is 0.422 e. The zero-order valence-electron chi connectivity index (χ0n) is 14.7. The standard InChI is InChI=1S/C18H24F3N3O2/c1-2-22-17(24-14-9-13-7-8-16(14)26-13)23-10-12-5-3-4-6-15(12)25-11-18(19,20)21/h3-6,13-14,16H,2,7-11H2,1H3,(H2,22,23,24). The van der Waals surface area contributed by atoms with Crippen LogP contribution in [-0.4, -0.2) is 43.5 Å². The number of hydrogen-bond acceptors (Lipinski definition) is 3. The number of aliphatic imine (C=N–C) groups is 1. The fourth-order valence-corrected chi connectivity index (χ4v) is 3.38. The molecule has 1 aromatic carbocycles. The van der Waals surface area contributed by atoms with Gasteiger partial charge in [0.2, 0.25) is 0 Å². The molecule has 3 rings (SSSR count). The third-order valence-electron chi connectivity index (χ3n) is 4.54. The number of guanidine groups is 1. The molecule has 0 amide bonds. The Bertz CT molecular complexity index is 636. The van der Waals surface area contributed by atoms with Gasteiger partial charge in [0.1, 0.15) is 5.75 Å². The van der Waals surface area contributed by atoms with Gasteiger partial charge in [0, 0.05) is 12.1 Å². The van der Waals surface area contributed by atoms with Gasteiger partial charge in [-0.25, -0.2) is 4.99 Å². The summed E-state index contributed by atoms with van der Waals surface area (Å²) in [4.78, 5) is 4.51. The van der Waals surface area contributed by atoms with E-state index in [0.29, 0.717) is 24.2 Å². The number of benzene rings is 1. The van der Waals surface area contributed by atoms with Gasteiger partial charge in [-0.2, -0.15) is 13.2 Å². The number of fused-ring (bicyclic) bond motifs is 2. The van der Waals surface area contributed by atoms with Crippen LogP contribution in [-0.2, 0) is 11.3 Å². The summed E-state index contributed by atoms with van der Waals surface area (Å²) in [5, 5.41) is 6.56. The summed E-state index contributed by atoms with van der Waals surface area (Å²) in [7, 11) is 0. The van der Waals surface area contributed by atoms with E-state index in [1.165, 1.54) is 6.07 Å². The predicted molar refractivity (Wildman–Crippen MR) is 92.2 cm³/mol. The topological polar surface area (TPSA) is 54.9 Å². The largest absolute Gasteiger partial charge is 0.484 e. The first-order chi connectivity index (χ1) is 12.4. The van der Waals surface area contributed by atoms with Gasteiger partial charge in [-0.3, -0.25) is 0 Å². The van der Waals surface area contributed by atoms with Crippen LogP contribution in [0.15, 0.2) is 29.3 Å². The average molecular weight is 371 g/mol. The Morgan fingerprint density at radius 1 is 1.31 bits per heavy atom. The lowest BCUT2D eigenvalue weighted by molar-refractivity contribution is -0.153. The highest BCUT2D eigenvalue weighted by molar-refractivity contribution is 5.80. The van der Waals surface area contributed by atoms with Gasteiger partial charge < -0.3 is 20.1 Å². The molecule has 5 nitrogen and oxygen atoms in total. The lowest BCUT2D eigenvalue weighted by Crippen LogP contribution is -2.47. The molecule has 2 aliphatic rings. The smallest absolute Gasteiger partial charge is 0.422 e. The summed E-state index contributed by atoms with van der Waals surface area (Å²) in [6.07, 6.45) is -0.700. The first kappa shape index (κ1) is 18.8. The van der Waals surface area contributed by atoms with E-state index in [2.05, 4.69) is 15.6 Å². The van der Waals surface area contributed by atoms with Crippen molar-refractivity contribution in [2.75, 3.05) is 13.2 Å². The fourth-order valence-electron chi connectivity index (χ4n) is 3.38. The number of nitrogens with one attached hydrogen (secondary N) is 2. The predicted octanol–water partition coefficient (Wildman–Crippen LogP) is 3.00. The second kappa shape index (κ2) is 8.16. The molecule has 2 bridgehead atoms. The molecule has 0 saturated carbocycles. The van der Waals surface area contributed by atoms with Gasteiger partial charge in [0.25, 0.3) is 0 Å². The molecule has 26 heavy (non-hydrogen) atoms. The minimum Gasteiger partial charge on any atom is -0.484 e. The van der Waals surface area contributed by atoms with Gasteiger partial charge in [0.15, 0.2) is 12.6 Å². The maximum atomic E-state index is 12.4. The van der Waals surface area contributed by atoms with Crippen LogP contribution in [0.3, 0.4) is 0 Å². The van der Waals surface area contributed by atoms with Crippen LogP contribution in [0.1, 0.15) is 31.7 Å². The van der Waals surface area contributed by atoms with E-state index in [1.54, 1.807) is 18.2 Å². The fraction of sp³-hybridized carbons (Fsp3) is 0.611. The normalized spacial score (nSPS) is 25.4. The van der Waals surface area contributed by atoms with Crippen molar-refractivity contribution in [3.05, 3.63) is 29.8 Å². The molecule has 3 atom stereocenters. The number of halogens is 3. The first-order valence-corrected chi connectivity index (χ1v) is 8.92. The second-order valence-electron chi connectivity index (χ2n) is 6.57. The van der Waals surface area contributed by atoms with Gasteiger partial charge >= 0.3 is 6.18 Å². The molecule has 8 heteroatoms. The highest BCUT2D eigenvalue weighted by Crippen LogP contribution is 2.34. The number of alkyl halides is 3. The number of para-hydroxylation sites is 1. The number of rotatable bonds is 6. The third-order valence-corrected chi connectivity index (χ3v) is 4.54. The van der Waals surface area contributed by atoms with Crippen molar-refractivity contribution in [3.8, 4) is 5.75 Å². The molecule has 0 radical (unpaired) electrons. The van der Waals surface area contributed by atoms with E-state index < -0.39 is 12.8 Å². The Morgan fingerprint density at radius 2 is 2.12 bits per heavy atom. The first-order valence-electron chi connectivity index (χ1n) is 8.92. The Morgan fingerprint density at radius 3 is 2.77 bits per heavy atom. The molecular formula is C18H24F3N3O2. The second-order valence-corrected chi connectivity index (χ2v) is 6.57. The van der Waals surface area contributed by atoms with E-state index in [1.807, 2.05) is 6.92 Å². The highest BCUT2D eigenvalue weighted by Gasteiger charge is 2.41. The van der Waals surface area contributed by atoms with Crippen molar-refractivity contribution in [2.24, 2.45) is 4.99 Å². The van der Waals surface area contributed by atoms with Crippen molar-refractivity contribution in [2.45, 2.75) is 57.2 Å². The average Bonchev–Trinajstić information content (AvgIpc) is 3.21. The summed E-state index contributed by atoms with van der Waals surface area (Å²) < 4.78 is 48.0. The van der Waals surface area contributed by atoms with E-state index in [0.717, 1.165) is 19.3 Å². The Kier molecular flexibility index (Phi) is 5.90. The Labute approximate surface area is 151 Å². The molecule has 0 aromatic heterocycles. The molecule has 2 saturated heterocycles. The molecule has 0 spiro atoms. The minimum atomic E-state index is -4.37. The minimum absolute atomic E-state index is 0.202. The Balaban J connectivity index is 1.64. The van der Waals surface area contributed by atoms with E-state index in [9.17, 15) is 13.2 Å². The van der Waals surface area contributed by atoms with Gasteiger partial charge in [-0.1, -0.05) is 18.2 Å². The Hall–Kier alpha value is -1.96. The van der Waals surface area contributed by atoms with E-state index in [4.69, 9.17) is 9.47 Å². The molecule has 2 aliphatic heterocycles. The van der Waals surface area contributed by atoms with Gasteiger partial charge in [-0.05, 0) is 32.3 Å². The van der Waals surface area contributed by atoms with Crippen LogP contribution >= 0.6 is 0 Å². The molecule has 2 heterocycles. The lowest BCUT2D eigenvalue weighted by Gasteiger charge is -2.22. The third kappa shape index (κ3) is 5.03. The summed E-state index contributed by atoms with van der Waals surface area (Å²) in [6.45, 7) is 1.58. The SMILES string of the molecule is CCNC(=NCc1ccccc1OCC(F)(F)F)NC1CC2CCC1O2. The van der Waals surface area contributed by atoms with Crippen molar-refractivity contribution >= 4 is 5.96 Å². The van der Waals surface area contributed by atoms with Crippen LogP contribution in [0.2, 0.25) is 0 Å². The summed E-state index contributed by atoms with van der Waals surface area (Å²) in [5.74, 6) is 0.840. The maximum absolute atomic E-state index is 12.4. The quantitative estimate of drug-likeness (QED) is 0.596. The van der Waals surface area contributed by atoms with Crippen LogP contribution in [0.25, 0.3) is 0 Å². The number of hydrogen-bond donors (Lipinski definition) is 2. The highest BCUT2D eigenvalue weighted by atomic mass is 19.4. The molecule has 3 unspecified atom stereocenters. The van der Waals surface area contributed by atoms with Crippen molar-refractivity contribution in [3.63, 3.8) is 0 Å². The molecule has 2 N–H and O–H groups in total. The summed E-state index contributed by atoms with van der Waals surface area (Å²) >= 11 is 0. The van der Waals surface area contributed by atoms with Crippen molar-refractivity contribution < 1.29 is 22.6 Å². The molecule has 144 valence electrons. The molecule has 0 aliphatic carbocycles. The van der Waals surface area contributed by atoms with Crippen LogP contribution in [0.5, 0.6) is 5.75 Å². The van der Waals surface area contributed by atoms with Crippen molar-refractivity contribution in [1.29, 1.82) is 0 Å². The monoisotopic (exact) mass is 371 g/mol. The van der Waals surface area contributed by atoms with Gasteiger partial charge in [-0.15, -0.1) is 0 Å². The van der Waals surface area contributed by atoms with E-state index >= 15 is 0 Å². The van der Waals surface area contributed by atoms with Crippen LogP contribution in [0.4, 0.5) is 13.2 Å². The van der Waals surface area contributed by atoms with E-state index in [-0.39, 0.29) is 24.4 Å². The van der Waals surface area contributed by atoms with Crippen LogP contribution < -0.4 is 15.4 Å². The lowest BCUT2D eigenvalue weighted by atomic mass is 9.96. The number of nitrogens with zero attached hydrogens (tertiary/aromatic N) is 1. The summed E-state index contributed by atoms with van der Waals surface area (Å²) in [6, 6.07) is 6.88. The van der Waals surface area contributed by atoms with Crippen molar-refractivity contribution in [1.82, 2.24) is 10.6 Å².